The molecule has 0 unspecified atom stereocenters. The van der Waals surface area contributed by atoms with Crippen molar-refractivity contribution in [1.82, 2.24) is 4.90 Å². The van der Waals surface area contributed by atoms with Gasteiger partial charge in [-0.15, -0.1) is 0 Å². The van der Waals surface area contributed by atoms with Crippen LogP contribution in [0.1, 0.15) is 46.0 Å². The van der Waals surface area contributed by atoms with E-state index in [-0.39, 0.29) is 23.0 Å². The molecule has 0 aromatic carbocycles. The summed E-state index contributed by atoms with van der Waals surface area (Å²) in [5.74, 6) is 0.354. The van der Waals surface area contributed by atoms with Crippen LogP contribution in [-0.2, 0) is 14.3 Å². The normalized spacial score (nSPS) is 32.9. The summed E-state index contributed by atoms with van der Waals surface area (Å²) in [4.78, 5) is 14.7. The van der Waals surface area contributed by atoms with Gasteiger partial charge in [0.1, 0.15) is 0 Å². The van der Waals surface area contributed by atoms with Crippen LogP contribution in [0, 0.1) is 5.92 Å². The Morgan fingerprint density at radius 3 is 2.58 bits per heavy atom. The first-order valence-corrected chi connectivity index (χ1v) is 7.57. The quantitative estimate of drug-likeness (QED) is 0.729. The lowest BCUT2D eigenvalue weighted by molar-refractivity contribution is -0.199. The molecule has 1 aliphatic carbocycles. The number of carbonyl (C=O) groups is 1. The van der Waals surface area contributed by atoms with Crippen molar-refractivity contribution >= 4 is 5.91 Å². The summed E-state index contributed by atoms with van der Waals surface area (Å²) < 4.78 is 11.7. The summed E-state index contributed by atoms with van der Waals surface area (Å²) in [5.41, 5.74) is -0.297. The first-order valence-electron chi connectivity index (χ1n) is 7.57. The molecule has 3 aliphatic rings. The van der Waals surface area contributed by atoms with Crippen molar-refractivity contribution in [3.05, 3.63) is 0 Å². The van der Waals surface area contributed by atoms with Gasteiger partial charge in [-0.2, -0.15) is 0 Å². The minimum atomic E-state index is -0.224. The number of morpholine rings is 1. The fraction of sp³-hybridized carbons (Fsp3) is 0.933. The SMILES string of the molecule is CC1(C)CN(C(=O)[C@@H]2CCOC2)CC2(CCCC2)O1. The Morgan fingerprint density at radius 2 is 1.95 bits per heavy atom. The number of amides is 1. The molecule has 1 amide bonds. The Balaban J connectivity index is 1.75. The minimum absolute atomic E-state index is 0.0725. The molecule has 1 atom stereocenters. The highest BCUT2D eigenvalue weighted by atomic mass is 16.5. The van der Waals surface area contributed by atoms with Crippen molar-refractivity contribution in [2.75, 3.05) is 26.3 Å². The van der Waals surface area contributed by atoms with Crippen molar-refractivity contribution in [1.29, 1.82) is 0 Å². The predicted octanol–water partition coefficient (Wildman–Crippen LogP) is 1.97. The summed E-state index contributed by atoms with van der Waals surface area (Å²) in [6.45, 7) is 7.05. The van der Waals surface area contributed by atoms with Crippen LogP contribution in [0.2, 0.25) is 0 Å². The van der Waals surface area contributed by atoms with Gasteiger partial charge in [0.25, 0.3) is 0 Å². The zero-order valence-electron chi connectivity index (χ0n) is 12.1. The number of hydrogen-bond acceptors (Lipinski definition) is 3. The Kier molecular flexibility index (Phi) is 3.34. The van der Waals surface area contributed by atoms with Gasteiger partial charge in [-0.25, -0.2) is 0 Å². The summed E-state index contributed by atoms with van der Waals surface area (Å²) in [7, 11) is 0. The third-order valence-corrected chi connectivity index (χ3v) is 4.65. The average Bonchev–Trinajstić information content (AvgIpc) is 2.97. The van der Waals surface area contributed by atoms with Crippen LogP contribution in [0.4, 0.5) is 0 Å². The monoisotopic (exact) mass is 267 g/mol. The topological polar surface area (TPSA) is 38.8 Å². The van der Waals surface area contributed by atoms with E-state index in [2.05, 4.69) is 13.8 Å². The third kappa shape index (κ3) is 2.65. The highest BCUT2D eigenvalue weighted by Gasteiger charge is 2.47. The van der Waals surface area contributed by atoms with Crippen LogP contribution in [-0.4, -0.2) is 48.3 Å². The predicted molar refractivity (Wildman–Crippen MR) is 71.9 cm³/mol. The molecule has 2 heterocycles. The van der Waals surface area contributed by atoms with Gasteiger partial charge < -0.3 is 14.4 Å². The molecular weight excluding hydrogens is 242 g/mol. The van der Waals surface area contributed by atoms with Gasteiger partial charge >= 0.3 is 0 Å². The first kappa shape index (κ1) is 13.4. The molecule has 1 spiro atoms. The number of hydrogen-bond donors (Lipinski definition) is 0. The maximum absolute atomic E-state index is 12.6. The molecule has 1 saturated carbocycles. The van der Waals surface area contributed by atoms with Gasteiger partial charge in [-0.3, -0.25) is 4.79 Å². The van der Waals surface area contributed by atoms with E-state index in [1.807, 2.05) is 4.90 Å². The van der Waals surface area contributed by atoms with E-state index in [9.17, 15) is 4.79 Å². The number of nitrogens with zero attached hydrogens (tertiary/aromatic N) is 1. The molecule has 2 saturated heterocycles. The van der Waals surface area contributed by atoms with E-state index in [1.165, 1.54) is 12.8 Å². The van der Waals surface area contributed by atoms with Crippen molar-refractivity contribution < 1.29 is 14.3 Å². The maximum Gasteiger partial charge on any atom is 0.228 e. The average molecular weight is 267 g/mol. The van der Waals surface area contributed by atoms with Crippen LogP contribution >= 0.6 is 0 Å². The molecule has 19 heavy (non-hydrogen) atoms. The maximum atomic E-state index is 12.6. The van der Waals surface area contributed by atoms with Gasteiger partial charge in [0, 0.05) is 19.7 Å². The lowest BCUT2D eigenvalue weighted by Gasteiger charge is -2.49. The molecule has 0 aromatic rings. The molecule has 0 radical (unpaired) electrons. The van der Waals surface area contributed by atoms with Gasteiger partial charge in [0.15, 0.2) is 0 Å². The molecular formula is C15H25NO3. The van der Waals surface area contributed by atoms with Crippen molar-refractivity contribution in [3.8, 4) is 0 Å². The fourth-order valence-corrected chi connectivity index (χ4v) is 3.94. The summed E-state index contributed by atoms with van der Waals surface area (Å²) >= 11 is 0. The Hall–Kier alpha value is -0.610. The summed E-state index contributed by atoms with van der Waals surface area (Å²) in [6.07, 6.45) is 5.53. The summed E-state index contributed by atoms with van der Waals surface area (Å²) in [6, 6.07) is 0. The molecule has 0 bridgehead atoms. The molecule has 0 N–H and O–H groups in total. The fourth-order valence-electron chi connectivity index (χ4n) is 3.94. The zero-order valence-corrected chi connectivity index (χ0v) is 12.1. The molecule has 3 fully saturated rings. The van der Waals surface area contributed by atoms with E-state index in [0.29, 0.717) is 13.2 Å². The zero-order chi connectivity index (χ0) is 13.5. The van der Waals surface area contributed by atoms with E-state index < -0.39 is 0 Å². The second kappa shape index (κ2) is 4.74. The second-order valence-corrected chi connectivity index (χ2v) is 7.01. The minimum Gasteiger partial charge on any atom is -0.381 e. The molecule has 4 nitrogen and oxygen atoms in total. The largest absolute Gasteiger partial charge is 0.381 e. The molecule has 4 heteroatoms. The molecule has 108 valence electrons. The van der Waals surface area contributed by atoms with E-state index in [4.69, 9.17) is 9.47 Å². The number of ether oxygens (including phenoxy) is 2. The van der Waals surface area contributed by atoms with Crippen molar-refractivity contribution in [2.24, 2.45) is 5.92 Å². The van der Waals surface area contributed by atoms with Crippen LogP contribution in [0.3, 0.4) is 0 Å². The van der Waals surface area contributed by atoms with Gasteiger partial charge in [0.2, 0.25) is 5.91 Å². The van der Waals surface area contributed by atoms with Crippen LogP contribution in [0.5, 0.6) is 0 Å². The third-order valence-electron chi connectivity index (χ3n) is 4.65. The van der Waals surface area contributed by atoms with Crippen molar-refractivity contribution in [3.63, 3.8) is 0 Å². The highest BCUT2D eigenvalue weighted by molar-refractivity contribution is 5.79. The Morgan fingerprint density at radius 1 is 1.21 bits per heavy atom. The standard InChI is InChI=1S/C15H25NO3/c1-14(2)10-16(13(17)12-5-8-18-9-12)11-15(19-14)6-3-4-7-15/h12H,3-11H2,1-2H3/t12-/m1/s1. The summed E-state index contributed by atoms with van der Waals surface area (Å²) in [5, 5.41) is 0. The highest BCUT2D eigenvalue weighted by Crippen LogP contribution is 2.41. The van der Waals surface area contributed by atoms with E-state index >= 15 is 0 Å². The van der Waals surface area contributed by atoms with Crippen LogP contribution in [0.15, 0.2) is 0 Å². The van der Waals surface area contributed by atoms with Gasteiger partial charge in [-0.05, 0) is 33.1 Å². The lowest BCUT2D eigenvalue weighted by atomic mass is 9.93. The lowest BCUT2D eigenvalue weighted by Crippen LogP contribution is -2.60. The Labute approximate surface area is 115 Å². The molecule has 3 rings (SSSR count). The van der Waals surface area contributed by atoms with E-state index in [0.717, 1.165) is 32.4 Å². The number of carbonyl (C=O) groups excluding carboxylic acids is 1. The smallest absolute Gasteiger partial charge is 0.228 e. The molecule has 2 aliphatic heterocycles. The molecule has 0 aromatic heterocycles. The number of rotatable bonds is 1. The van der Waals surface area contributed by atoms with Gasteiger partial charge in [-0.1, -0.05) is 12.8 Å². The first-order chi connectivity index (χ1) is 9.00. The van der Waals surface area contributed by atoms with Crippen LogP contribution < -0.4 is 0 Å². The Bertz CT molecular complexity index is 354. The van der Waals surface area contributed by atoms with Gasteiger partial charge in [0.05, 0.1) is 23.7 Å². The van der Waals surface area contributed by atoms with Crippen LogP contribution in [0.25, 0.3) is 0 Å². The second-order valence-electron chi connectivity index (χ2n) is 7.01. The van der Waals surface area contributed by atoms with E-state index in [1.54, 1.807) is 0 Å². The van der Waals surface area contributed by atoms with Crippen molar-refractivity contribution in [2.45, 2.75) is 57.2 Å².